The van der Waals surface area contributed by atoms with Crippen LogP contribution in [0, 0.1) is 5.92 Å². The minimum absolute atomic E-state index is 0.550. The summed E-state index contributed by atoms with van der Waals surface area (Å²) in [5.74, 6) is 1.57. The van der Waals surface area contributed by atoms with Crippen LogP contribution >= 0.6 is 0 Å². The summed E-state index contributed by atoms with van der Waals surface area (Å²) in [5, 5.41) is 3.67. The van der Waals surface area contributed by atoms with E-state index in [1.54, 1.807) is 0 Å². The second-order valence-electron chi connectivity index (χ2n) is 6.32. The molecule has 0 bridgehead atoms. The topological polar surface area (TPSA) is 12.0 Å². The largest absolute Gasteiger partial charge is 0.310 e. The van der Waals surface area contributed by atoms with Gasteiger partial charge in [0.1, 0.15) is 0 Å². The van der Waals surface area contributed by atoms with Crippen LogP contribution in [-0.2, 0) is 0 Å². The van der Waals surface area contributed by atoms with E-state index < -0.39 is 0 Å². The molecule has 1 heteroatoms. The van der Waals surface area contributed by atoms with Crippen molar-refractivity contribution in [2.45, 2.75) is 64.8 Å². The highest BCUT2D eigenvalue weighted by Crippen LogP contribution is 2.33. The summed E-state index contributed by atoms with van der Waals surface area (Å²) in [6, 6.07) is 9.82. The summed E-state index contributed by atoms with van der Waals surface area (Å²) < 4.78 is 0. The number of hydrogen-bond donors (Lipinski definition) is 1. The molecule has 1 aromatic carbocycles. The molecule has 19 heavy (non-hydrogen) atoms. The van der Waals surface area contributed by atoms with Gasteiger partial charge in [-0.3, -0.25) is 0 Å². The lowest BCUT2D eigenvalue weighted by atomic mass is 9.92. The third-order valence-electron chi connectivity index (χ3n) is 4.50. The zero-order chi connectivity index (χ0) is 13.7. The summed E-state index contributed by atoms with van der Waals surface area (Å²) in [5.41, 5.74) is 2.91. The predicted molar refractivity (Wildman–Crippen MR) is 83.5 cm³/mol. The van der Waals surface area contributed by atoms with Gasteiger partial charge in [-0.05, 0) is 35.9 Å². The summed E-state index contributed by atoms with van der Waals surface area (Å²) >= 11 is 0. The Morgan fingerprint density at radius 1 is 1.05 bits per heavy atom. The molecule has 0 amide bonds. The Morgan fingerprint density at radius 3 is 2.16 bits per heavy atom. The molecular formula is C18H29N. The molecule has 1 N–H and O–H groups in total. The van der Waals surface area contributed by atoms with E-state index in [9.17, 15) is 0 Å². The van der Waals surface area contributed by atoms with E-state index in [0.29, 0.717) is 12.0 Å². The minimum Gasteiger partial charge on any atom is -0.310 e. The lowest BCUT2D eigenvalue weighted by Gasteiger charge is -2.22. The molecule has 1 nitrogen and oxygen atoms in total. The quantitative estimate of drug-likeness (QED) is 0.754. The molecule has 1 atom stereocenters. The fourth-order valence-electron chi connectivity index (χ4n) is 3.28. The van der Waals surface area contributed by atoms with Crippen molar-refractivity contribution in [2.24, 2.45) is 5.92 Å². The first kappa shape index (κ1) is 14.6. The third kappa shape index (κ3) is 4.07. The van der Waals surface area contributed by atoms with Gasteiger partial charge in [-0.15, -0.1) is 0 Å². The molecule has 1 aliphatic rings. The predicted octanol–water partition coefficient (Wildman–Crippen LogP) is 5.04. The first-order chi connectivity index (χ1) is 9.20. The summed E-state index contributed by atoms with van der Waals surface area (Å²) in [6.45, 7) is 7.79. The number of benzene rings is 1. The average molecular weight is 259 g/mol. The molecule has 1 aromatic rings. The van der Waals surface area contributed by atoms with Gasteiger partial charge in [0.05, 0.1) is 0 Å². The Kier molecular flexibility index (Phi) is 5.45. The van der Waals surface area contributed by atoms with Crippen LogP contribution in [0.25, 0.3) is 0 Å². The van der Waals surface area contributed by atoms with Gasteiger partial charge >= 0.3 is 0 Å². The maximum Gasteiger partial charge on any atom is 0.0322 e. The van der Waals surface area contributed by atoms with Gasteiger partial charge in [0.25, 0.3) is 0 Å². The van der Waals surface area contributed by atoms with Gasteiger partial charge in [-0.1, -0.05) is 70.7 Å². The zero-order valence-electron chi connectivity index (χ0n) is 12.8. The maximum atomic E-state index is 3.67. The second kappa shape index (κ2) is 7.09. The number of rotatable bonds is 6. The first-order valence-corrected chi connectivity index (χ1v) is 8.04. The van der Waals surface area contributed by atoms with Crippen molar-refractivity contribution in [3.63, 3.8) is 0 Å². The van der Waals surface area contributed by atoms with E-state index in [1.165, 1.54) is 43.2 Å². The Hall–Kier alpha value is -0.820. The minimum atomic E-state index is 0.550. The zero-order valence-corrected chi connectivity index (χ0v) is 12.8. The molecule has 0 aromatic heterocycles. The van der Waals surface area contributed by atoms with E-state index >= 15 is 0 Å². The molecule has 106 valence electrons. The van der Waals surface area contributed by atoms with Crippen molar-refractivity contribution in [1.82, 2.24) is 5.32 Å². The lowest BCUT2D eigenvalue weighted by Crippen LogP contribution is -2.23. The molecular weight excluding hydrogens is 230 g/mol. The molecule has 0 heterocycles. The fraction of sp³-hybridized carbons (Fsp3) is 0.667. The van der Waals surface area contributed by atoms with Crippen LogP contribution in [0.15, 0.2) is 24.3 Å². The smallest absolute Gasteiger partial charge is 0.0322 e. The molecule has 1 fully saturated rings. The fourth-order valence-corrected chi connectivity index (χ4v) is 3.28. The van der Waals surface area contributed by atoms with Gasteiger partial charge in [0, 0.05) is 6.04 Å². The monoisotopic (exact) mass is 259 g/mol. The van der Waals surface area contributed by atoms with Gasteiger partial charge in [-0.2, -0.15) is 0 Å². The molecule has 1 aliphatic carbocycles. The second-order valence-corrected chi connectivity index (χ2v) is 6.32. The lowest BCUT2D eigenvalue weighted by molar-refractivity contribution is 0.400. The van der Waals surface area contributed by atoms with E-state index in [1.807, 2.05) is 0 Å². The Morgan fingerprint density at radius 2 is 1.63 bits per heavy atom. The highest BCUT2D eigenvalue weighted by Gasteiger charge is 2.20. The molecule has 0 spiro atoms. The van der Waals surface area contributed by atoms with Crippen molar-refractivity contribution in [3.8, 4) is 0 Å². The van der Waals surface area contributed by atoms with E-state index in [0.717, 1.165) is 12.5 Å². The van der Waals surface area contributed by atoms with Crippen LogP contribution in [-0.4, -0.2) is 6.54 Å². The van der Waals surface area contributed by atoms with E-state index in [4.69, 9.17) is 0 Å². The van der Waals surface area contributed by atoms with Crippen LogP contribution < -0.4 is 5.32 Å². The third-order valence-corrected chi connectivity index (χ3v) is 4.50. The van der Waals surface area contributed by atoms with Gasteiger partial charge in [-0.25, -0.2) is 0 Å². The van der Waals surface area contributed by atoms with Crippen LogP contribution in [0.4, 0.5) is 0 Å². The van der Waals surface area contributed by atoms with Crippen LogP contribution in [0.3, 0.4) is 0 Å². The maximum absolute atomic E-state index is 3.67. The Bertz CT molecular complexity index is 360. The molecule has 2 rings (SSSR count). The van der Waals surface area contributed by atoms with E-state index in [-0.39, 0.29) is 0 Å². The standard InChI is InChI=1S/C18H29N/c1-4-19-18(13-15-7-5-6-8-15)17-11-9-16(10-12-17)14(2)3/h9-12,14-15,18-19H,4-8,13H2,1-3H3. The van der Waals surface area contributed by atoms with Crippen LogP contribution in [0.1, 0.15) is 76.0 Å². The van der Waals surface area contributed by atoms with Gasteiger partial charge in [0.2, 0.25) is 0 Å². The van der Waals surface area contributed by atoms with E-state index in [2.05, 4.69) is 50.4 Å². The molecule has 1 unspecified atom stereocenters. The van der Waals surface area contributed by atoms with Crippen molar-refractivity contribution in [2.75, 3.05) is 6.54 Å². The van der Waals surface area contributed by atoms with Crippen molar-refractivity contribution >= 4 is 0 Å². The molecule has 0 aliphatic heterocycles. The molecule has 0 saturated heterocycles. The highest BCUT2D eigenvalue weighted by atomic mass is 14.9. The highest BCUT2D eigenvalue weighted by molar-refractivity contribution is 5.27. The first-order valence-electron chi connectivity index (χ1n) is 8.04. The molecule has 1 saturated carbocycles. The SMILES string of the molecule is CCNC(CC1CCCC1)c1ccc(C(C)C)cc1. The number of hydrogen-bond acceptors (Lipinski definition) is 1. The Labute approximate surface area is 118 Å². The number of nitrogens with one attached hydrogen (secondary N) is 1. The van der Waals surface area contributed by atoms with Crippen LogP contribution in [0.5, 0.6) is 0 Å². The van der Waals surface area contributed by atoms with Crippen molar-refractivity contribution in [1.29, 1.82) is 0 Å². The normalized spacial score (nSPS) is 18.1. The van der Waals surface area contributed by atoms with Gasteiger partial charge in [0.15, 0.2) is 0 Å². The summed E-state index contributed by atoms with van der Waals surface area (Å²) in [4.78, 5) is 0. The summed E-state index contributed by atoms with van der Waals surface area (Å²) in [7, 11) is 0. The molecule has 0 radical (unpaired) electrons. The Balaban J connectivity index is 2.04. The summed E-state index contributed by atoms with van der Waals surface area (Å²) in [6.07, 6.45) is 7.07. The van der Waals surface area contributed by atoms with Crippen molar-refractivity contribution < 1.29 is 0 Å². The van der Waals surface area contributed by atoms with Crippen LogP contribution in [0.2, 0.25) is 0 Å². The van der Waals surface area contributed by atoms with Gasteiger partial charge < -0.3 is 5.32 Å². The van der Waals surface area contributed by atoms with Crippen molar-refractivity contribution in [3.05, 3.63) is 35.4 Å². The average Bonchev–Trinajstić information content (AvgIpc) is 2.91.